The van der Waals surface area contributed by atoms with Gasteiger partial charge in [0, 0.05) is 24.7 Å². The number of carbonyl (C=O) groups is 2. The average molecular weight is 419 g/mol. The number of aliphatic hydroxyl groups excluding tert-OH is 1. The third kappa shape index (κ3) is 5.81. The number of amides is 1. The molecule has 154 valence electrons. The normalized spacial score (nSPS) is 20.5. The molecule has 0 radical (unpaired) electrons. The molecule has 1 aliphatic rings. The van der Waals surface area contributed by atoms with Gasteiger partial charge in [-0.25, -0.2) is 13.2 Å². The number of carboxylic acids is 1. The van der Waals surface area contributed by atoms with Crippen LogP contribution in [0.1, 0.15) is 28.8 Å². The van der Waals surface area contributed by atoms with Gasteiger partial charge in [0.15, 0.2) is 15.9 Å². The molecular formula is C20H21NO7S. The number of benzene rings is 1. The number of hydrogen-bond donors (Lipinski definition) is 3. The van der Waals surface area contributed by atoms with Crippen molar-refractivity contribution in [3.8, 4) is 23.7 Å². The average Bonchev–Trinajstić information content (AvgIpc) is 3.01. The fourth-order valence-electron chi connectivity index (χ4n) is 2.96. The van der Waals surface area contributed by atoms with Crippen molar-refractivity contribution >= 4 is 21.7 Å². The van der Waals surface area contributed by atoms with Crippen molar-refractivity contribution in [3.05, 3.63) is 35.4 Å². The largest absolute Gasteiger partial charge is 0.480 e. The van der Waals surface area contributed by atoms with Gasteiger partial charge in [-0.15, -0.1) is 0 Å². The predicted molar refractivity (Wildman–Crippen MR) is 105 cm³/mol. The summed E-state index contributed by atoms with van der Waals surface area (Å²) in [6, 6.07) is 4.60. The number of nitrogens with one attached hydrogen (secondary N) is 1. The molecule has 1 saturated heterocycles. The zero-order chi connectivity index (χ0) is 21.5. The van der Waals surface area contributed by atoms with Crippen LogP contribution in [0.25, 0.3) is 0 Å². The first-order chi connectivity index (χ1) is 13.7. The van der Waals surface area contributed by atoms with Gasteiger partial charge in [0.2, 0.25) is 0 Å². The number of sulfone groups is 1. The predicted octanol–water partition coefficient (Wildman–Crippen LogP) is -0.189. The Morgan fingerprint density at radius 2 is 1.97 bits per heavy atom. The number of rotatable bonds is 6. The molecule has 0 saturated carbocycles. The van der Waals surface area contributed by atoms with E-state index in [0.717, 1.165) is 0 Å². The summed E-state index contributed by atoms with van der Waals surface area (Å²) in [6.45, 7) is -0.0356. The topological polar surface area (TPSA) is 130 Å². The van der Waals surface area contributed by atoms with E-state index in [1.54, 1.807) is 12.1 Å². The second-order valence-corrected chi connectivity index (χ2v) is 8.64. The van der Waals surface area contributed by atoms with Crippen molar-refractivity contribution < 1.29 is 33.0 Å². The smallest absolute Gasteiger partial charge is 0.329 e. The molecule has 3 N–H and O–H groups in total. The third-order valence-corrected chi connectivity index (χ3v) is 6.25. The van der Waals surface area contributed by atoms with Gasteiger partial charge in [-0.05, 0) is 42.5 Å². The van der Waals surface area contributed by atoms with Crippen LogP contribution in [0.2, 0.25) is 0 Å². The van der Waals surface area contributed by atoms with E-state index >= 15 is 0 Å². The lowest BCUT2D eigenvalue weighted by Gasteiger charge is -2.32. The summed E-state index contributed by atoms with van der Waals surface area (Å²) < 4.78 is 29.0. The van der Waals surface area contributed by atoms with E-state index < -0.39 is 39.1 Å². The highest BCUT2D eigenvalue weighted by molar-refractivity contribution is 7.91. The van der Waals surface area contributed by atoms with Gasteiger partial charge >= 0.3 is 5.97 Å². The van der Waals surface area contributed by atoms with Crippen LogP contribution in [0.15, 0.2) is 24.3 Å². The Morgan fingerprint density at radius 3 is 2.48 bits per heavy atom. The molecule has 1 aliphatic heterocycles. The lowest BCUT2D eigenvalue weighted by molar-refractivity contribution is -0.147. The Kier molecular flexibility index (Phi) is 7.40. The van der Waals surface area contributed by atoms with E-state index in [9.17, 15) is 23.1 Å². The molecule has 0 aromatic heterocycles. The van der Waals surface area contributed by atoms with E-state index in [4.69, 9.17) is 9.84 Å². The third-order valence-electron chi connectivity index (χ3n) is 4.50. The molecule has 9 heteroatoms. The Morgan fingerprint density at radius 1 is 1.28 bits per heavy atom. The number of hydrogen-bond acceptors (Lipinski definition) is 6. The van der Waals surface area contributed by atoms with E-state index in [1.165, 1.54) is 19.2 Å². The summed E-state index contributed by atoms with van der Waals surface area (Å²) in [5, 5.41) is 20.6. The van der Waals surface area contributed by atoms with Gasteiger partial charge in [-0.1, -0.05) is 11.8 Å². The van der Waals surface area contributed by atoms with Crippen molar-refractivity contribution in [1.82, 2.24) is 5.32 Å². The lowest BCUT2D eigenvalue weighted by Crippen LogP contribution is -2.58. The van der Waals surface area contributed by atoms with Crippen LogP contribution in [0.5, 0.6) is 0 Å². The molecule has 0 aliphatic carbocycles. The molecule has 0 bridgehead atoms. The summed E-state index contributed by atoms with van der Waals surface area (Å²) in [5.41, 5.74) is -0.718. The second-order valence-electron chi connectivity index (χ2n) is 6.46. The molecule has 29 heavy (non-hydrogen) atoms. The van der Waals surface area contributed by atoms with Crippen LogP contribution in [0.3, 0.4) is 0 Å². The summed E-state index contributed by atoms with van der Waals surface area (Å²) in [7, 11) is -2.21. The molecule has 1 aromatic carbocycles. The molecule has 1 amide bonds. The van der Waals surface area contributed by atoms with Crippen molar-refractivity contribution in [2.75, 3.05) is 25.2 Å². The summed E-state index contributed by atoms with van der Waals surface area (Å²) in [6.07, 6.45) is 0.317. The molecule has 0 spiro atoms. The zero-order valence-corrected chi connectivity index (χ0v) is 16.6. The van der Waals surface area contributed by atoms with Crippen LogP contribution in [-0.4, -0.2) is 67.4 Å². The van der Waals surface area contributed by atoms with Crippen molar-refractivity contribution in [2.45, 2.75) is 24.5 Å². The minimum atomic E-state index is -3.45. The Hall–Kier alpha value is -2.85. The molecule has 0 unspecified atom stereocenters. The summed E-state index contributed by atoms with van der Waals surface area (Å²) >= 11 is 0. The highest BCUT2D eigenvalue weighted by atomic mass is 32.2. The molecule has 1 fully saturated rings. The quantitative estimate of drug-likeness (QED) is 0.545. The lowest BCUT2D eigenvalue weighted by atomic mass is 9.92. The highest BCUT2D eigenvalue weighted by Crippen LogP contribution is 2.30. The second kappa shape index (κ2) is 9.57. The maximum Gasteiger partial charge on any atom is 0.329 e. The first kappa shape index (κ1) is 22.4. The van der Waals surface area contributed by atoms with Crippen LogP contribution < -0.4 is 5.32 Å². The number of aliphatic hydroxyl groups is 1. The van der Waals surface area contributed by atoms with Gasteiger partial charge in [-0.3, -0.25) is 4.79 Å². The SMILES string of the molecule is CO[C@@]1([C@H](NC(=O)c2ccc(C#CC#CCCO)cc2)C(=O)O)CCS(=O)(=O)C1. The molecular weight excluding hydrogens is 398 g/mol. The van der Waals surface area contributed by atoms with Gasteiger partial charge in [0.25, 0.3) is 5.91 Å². The Balaban J connectivity index is 2.15. The monoisotopic (exact) mass is 419 g/mol. The number of aliphatic carboxylic acids is 1. The van der Waals surface area contributed by atoms with E-state index in [-0.39, 0.29) is 24.3 Å². The number of carboxylic acid groups (broad SMARTS) is 1. The molecule has 8 nitrogen and oxygen atoms in total. The molecule has 2 atom stereocenters. The maximum atomic E-state index is 12.5. The molecule has 2 rings (SSSR count). The van der Waals surface area contributed by atoms with Gasteiger partial charge in [-0.2, -0.15) is 0 Å². The van der Waals surface area contributed by atoms with Gasteiger partial charge < -0.3 is 20.3 Å². The van der Waals surface area contributed by atoms with Gasteiger partial charge in [0.05, 0.1) is 18.1 Å². The van der Waals surface area contributed by atoms with Crippen LogP contribution in [0, 0.1) is 23.7 Å². The van der Waals surface area contributed by atoms with Crippen LogP contribution >= 0.6 is 0 Å². The maximum absolute atomic E-state index is 12.5. The van der Waals surface area contributed by atoms with E-state index in [1.807, 2.05) is 0 Å². The minimum Gasteiger partial charge on any atom is -0.480 e. The highest BCUT2D eigenvalue weighted by Gasteiger charge is 2.52. The number of carbonyl (C=O) groups excluding carboxylic acids is 1. The molecule has 1 heterocycles. The fraction of sp³-hybridized carbons (Fsp3) is 0.400. The van der Waals surface area contributed by atoms with Crippen LogP contribution in [0.4, 0.5) is 0 Å². The van der Waals surface area contributed by atoms with Gasteiger partial charge in [0.1, 0.15) is 5.60 Å². The minimum absolute atomic E-state index is 0.0189. The zero-order valence-electron chi connectivity index (χ0n) is 15.8. The van der Waals surface area contributed by atoms with Crippen molar-refractivity contribution in [3.63, 3.8) is 0 Å². The van der Waals surface area contributed by atoms with E-state index in [2.05, 4.69) is 29.0 Å². The molecule has 1 aromatic rings. The van der Waals surface area contributed by atoms with E-state index in [0.29, 0.717) is 12.0 Å². The fourth-order valence-corrected chi connectivity index (χ4v) is 4.93. The number of methoxy groups -OCH3 is 1. The number of ether oxygens (including phenoxy) is 1. The standard InChI is InChI=1S/C20H21NO7S/c1-28-20(11-13-29(26,27)14-20)17(19(24)25)21-18(23)16-9-7-15(8-10-16)6-4-2-3-5-12-22/h7-10,17,22H,5,11-14H2,1H3,(H,21,23)(H,24,25)/t17-,20+/m1/s1. The Bertz CT molecular complexity index is 993. The van der Waals surface area contributed by atoms with Crippen molar-refractivity contribution in [1.29, 1.82) is 0 Å². The first-order valence-electron chi connectivity index (χ1n) is 8.72. The summed E-state index contributed by atoms with van der Waals surface area (Å²) in [4.78, 5) is 24.3. The Labute approximate surface area is 169 Å². The van der Waals surface area contributed by atoms with Crippen molar-refractivity contribution in [2.24, 2.45) is 0 Å². The summed E-state index contributed by atoms with van der Waals surface area (Å²) in [5.74, 6) is 7.92. The van der Waals surface area contributed by atoms with Crippen LogP contribution in [-0.2, 0) is 19.4 Å². The first-order valence-corrected chi connectivity index (χ1v) is 10.5.